The molecular weight excluding hydrogens is 274 g/mol. The molecule has 1 unspecified atom stereocenters. The highest BCUT2D eigenvalue weighted by molar-refractivity contribution is 6.00. The van der Waals surface area contributed by atoms with Crippen LogP contribution in [0.25, 0.3) is 0 Å². The first kappa shape index (κ1) is 13.1. The molecule has 3 rings (SSSR count). The fourth-order valence-corrected chi connectivity index (χ4v) is 2.11. The van der Waals surface area contributed by atoms with Crippen molar-refractivity contribution in [1.29, 1.82) is 0 Å². The fraction of sp³-hybridized carbons (Fsp3) is 0.231. The van der Waals surface area contributed by atoms with Crippen LogP contribution < -0.4 is 15.4 Å². The Hall–Kier alpha value is -2.90. The van der Waals surface area contributed by atoms with E-state index in [9.17, 15) is 9.59 Å². The van der Waals surface area contributed by atoms with Gasteiger partial charge in [-0.05, 0) is 24.3 Å². The maximum absolute atomic E-state index is 12.0. The highest BCUT2D eigenvalue weighted by Gasteiger charge is 2.33. The summed E-state index contributed by atoms with van der Waals surface area (Å²) in [6.07, 6.45) is 1.33. The van der Waals surface area contributed by atoms with E-state index in [1.54, 1.807) is 31.4 Å². The van der Waals surface area contributed by atoms with Gasteiger partial charge in [-0.15, -0.1) is 0 Å². The number of benzene rings is 1. The first-order valence-corrected chi connectivity index (χ1v) is 6.31. The van der Waals surface area contributed by atoms with E-state index in [0.717, 1.165) is 0 Å². The smallest absolute Gasteiger partial charge is 0.252 e. The Bertz CT molecular complexity index is 679. The third-order valence-electron chi connectivity index (χ3n) is 3.16. The van der Waals surface area contributed by atoms with Gasteiger partial charge in [-0.25, -0.2) is 4.68 Å². The van der Waals surface area contributed by atoms with E-state index in [2.05, 4.69) is 20.7 Å². The average Bonchev–Trinajstić information content (AvgIpc) is 3.03. The van der Waals surface area contributed by atoms with Gasteiger partial charge in [-0.3, -0.25) is 14.9 Å². The van der Waals surface area contributed by atoms with Crippen molar-refractivity contribution < 1.29 is 14.3 Å². The summed E-state index contributed by atoms with van der Waals surface area (Å²) in [6, 6.07) is 6.28. The minimum atomic E-state index is -0.666. The van der Waals surface area contributed by atoms with Gasteiger partial charge in [0.1, 0.15) is 18.1 Å². The Labute approximate surface area is 120 Å². The van der Waals surface area contributed by atoms with Crippen LogP contribution in [0.15, 0.2) is 30.6 Å². The van der Waals surface area contributed by atoms with Crippen molar-refractivity contribution in [2.24, 2.45) is 0 Å². The predicted octanol–water partition coefficient (Wildman–Crippen LogP) is 0.809. The minimum absolute atomic E-state index is 0.00573. The molecule has 1 atom stereocenters. The second-order valence-electron chi connectivity index (χ2n) is 4.51. The molecule has 1 aliphatic heterocycles. The summed E-state index contributed by atoms with van der Waals surface area (Å²) >= 11 is 0. The molecule has 8 heteroatoms. The number of fused-ring (bicyclic) bond motifs is 1. The standard InChI is InChI=1S/C13H13N5O3/c1-21-9-4-2-8(3-5-9)16-11(19)6-10-12(20)17-13-14-7-15-18(10)13/h2-5,7,10H,6H2,1H3,(H,16,19)(H,14,15,17,20). The molecular formula is C13H13N5O3. The van der Waals surface area contributed by atoms with Crippen LogP contribution in [0.4, 0.5) is 11.6 Å². The van der Waals surface area contributed by atoms with Gasteiger partial charge >= 0.3 is 0 Å². The Kier molecular flexibility index (Phi) is 3.27. The molecule has 1 aromatic heterocycles. The molecule has 2 aromatic rings. The van der Waals surface area contributed by atoms with Crippen molar-refractivity contribution in [1.82, 2.24) is 14.8 Å². The second kappa shape index (κ2) is 5.23. The topological polar surface area (TPSA) is 98.1 Å². The summed E-state index contributed by atoms with van der Waals surface area (Å²) in [5.74, 6) is 0.511. The highest BCUT2D eigenvalue weighted by Crippen LogP contribution is 2.24. The van der Waals surface area contributed by atoms with Gasteiger partial charge < -0.3 is 10.1 Å². The molecule has 0 radical (unpaired) electrons. The van der Waals surface area contributed by atoms with Gasteiger partial charge in [0, 0.05) is 5.69 Å². The molecule has 0 aliphatic carbocycles. The molecule has 108 valence electrons. The minimum Gasteiger partial charge on any atom is -0.497 e. The zero-order chi connectivity index (χ0) is 14.8. The number of nitrogens with one attached hydrogen (secondary N) is 2. The number of hydrogen-bond donors (Lipinski definition) is 2. The first-order valence-electron chi connectivity index (χ1n) is 6.31. The van der Waals surface area contributed by atoms with Crippen molar-refractivity contribution in [3.63, 3.8) is 0 Å². The van der Waals surface area contributed by atoms with Gasteiger partial charge in [0.25, 0.3) is 5.91 Å². The Balaban J connectivity index is 1.65. The van der Waals surface area contributed by atoms with E-state index in [0.29, 0.717) is 17.4 Å². The van der Waals surface area contributed by atoms with Gasteiger partial charge in [-0.2, -0.15) is 10.1 Å². The van der Waals surface area contributed by atoms with Gasteiger partial charge in [0.05, 0.1) is 13.5 Å². The van der Waals surface area contributed by atoms with Crippen molar-refractivity contribution in [2.45, 2.75) is 12.5 Å². The van der Waals surface area contributed by atoms with Crippen LogP contribution >= 0.6 is 0 Å². The maximum atomic E-state index is 12.0. The molecule has 2 heterocycles. The Morgan fingerprint density at radius 3 is 2.90 bits per heavy atom. The lowest BCUT2D eigenvalue weighted by Crippen LogP contribution is -2.23. The van der Waals surface area contributed by atoms with E-state index in [4.69, 9.17) is 4.74 Å². The maximum Gasteiger partial charge on any atom is 0.252 e. The SMILES string of the molecule is COc1ccc(NC(=O)CC2C(=O)Nc3ncnn32)cc1. The van der Waals surface area contributed by atoms with Crippen LogP contribution in [0.3, 0.4) is 0 Å². The average molecular weight is 287 g/mol. The lowest BCUT2D eigenvalue weighted by atomic mass is 10.2. The lowest BCUT2D eigenvalue weighted by molar-refractivity contribution is -0.123. The largest absolute Gasteiger partial charge is 0.497 e. The van der Waals surface area contributed by atoms with Crippen LogP contribution in [0.2, 0.25) is 0 Å². The summed E-state index contributed by atoms with van der Waals surface area (Å²) in [7, 11) is 1.57. The van der Waals surface area contributed by atoms with Crippen LogP contribution in [-0.2, 0) is 9.59 Å². The van der Waals surface area contributed by atoms with Crippen LogP contribution in [0.1, 0.15) is 12.5 Å². The van der Waals surface area contributed by atoms with Gasteiger partial charge in [0.2, 0.25) is 11.9 Å². The van der Waals surface area contributed by atoms with E-state index < -0.39 is 6.04 Å². The molecule has 8 nitrogen and oxygen atoms in total. The summed E-state index contributed by atoms with van der Waals surface area (Å²) in [6.45, 7) is 0. The molecule has 21 heavy (non-hydrogen) atoms. The van der Waals surface area contributed by atoms with E-state index in [1.807, 2.05) is 0 Å². The monoisotopic (exact) mass is 287 g/mol. The zero-order valence-corrected chi connectivity index (χ0v) is 11.2. The number of carbonyl (C=O) groups excluding carboxylic acids is 2. The fourth-order valence-electron chi connectivity index (χ4n) is 2.11. The summed E-state index contributed by atoms with van der Waals surface area (Å²) in [5, 5.41) is 9.23. The van der Waals surface area contributed by atoms with Gasteiger partial charge in [0.15, 0.2) is 0 Å². The zero-order valence-electron chi connectivity index (χ0n) is 11.2. The van der Waals surface area contributed by atoms with Crippen LogP contribution in [0, 0.1) is 0 Å². The van der Waals surface area contributed by atoms with Crippen molar-refractivity contribution in [2.75, 3.05) is 17.7 Å². The summed E-state index contributed by atoms with van der Waals surface area (Å²) in [4.78, 5) is 27.7. The molecule has 2 N–H and O–H groups in total. The molecule has 0 saturated heterocycles. The second-order valence-corrected chi connectivity index (χ2v) is 4.51. The van der Waals surface area contributed by atoms with Crippen molar-refractivity contribution in [3.05, 3.63) is 30.6 Å². The van der Waals surface area contributed by atoms with E-state index in [-0.39, 0.29) is 18.2 Å². The van der Waals surface area contributed by atoms with E-state index >= 15 is 0 Å². The third kappa shape index (κ3) is 2.55. The molecule has 1 aliphatic rings. The molecule has 0 fully saturated rings. The van der Waals surface area contributed by atoms with Crippen molar-refractivity contribution >= 4 is 23.5 Å². The number of nitrogens with zero attached hydrogens (tertiary/aromatic N) is 3. The number of amides is 2. The number of rotatable bonds is 4. The number of anilines is 2. The number of carbonyl (C=O) groups is 2. The number of aromatic nitrogens is 3. The number of methoxy groups -OCH3 is 1. The quantitative estimate of drug-likeness (QED) is 0.867. The molecule has 2 amide bonds. The summed E-state index contributed by atoms with van der Waals surface area (Å²) < 4.78 is 6.45. The van der Waals surface area contributed by atoms with Crippen molar-refractivity contribution in [3.8, 4) is 5.75 Å². The normalized spacial score (nSPS) is 16.2. The predicted molar refractivity (Wildman–Crippen MR) is 73.9 cm³/mol. The first-order chi connectivity index (χ1) is 10.2. The molecule has 0 spiro atoms. The van der Waals surface area contributed by atoms with Gasteiger partial charge in [-0.1, -0.05) is 0 Å². The third-order valence-corrected chi connectivity index (χ3v) is 3.16. The summed E-state index contributed by atoms with van der Waals surface area (Å²) in [5.41, 5.74) is 0.637. The van der Waals surface area contributed by atoms with Crippen LogP contribution in [-0.4, -0.2) is 33.7 Å². The van der Waals surface area contributed by atoms with E-state index in [1.165, 1.54) is 11.0 Å². The van der Waals surface area contributed by atoms with Crippen LogP contribution in [0.5, 0.6) is 5.75 Å². The highest BCUT2D eigenvalue weighted by atomic mass is 16.5. The Morgan fingerprint density at radius 2 is 2.19 bits per heavy atom. The molecule has 0 bridgehead atoms. The number of ether oxygens (including phenoxy) is 1. The molecule has 0 saturated carbocycles. The molecule has 1 aromatic carbocycles. The Morgan fingerprint density at radius 1 is 1.43 bits per heavy atom. The number of hydrogen-bond acceptors (Lipinski definition) is 5. The lowest BCUT2D eigenvalue weighted by Gasteiger charge is -2.10.